The van der Waals surface area contributed by atoms with Crippen molar-refractivity contribution in [1.82, 2.24) is 14.6 Å². The second kappa shape index (κ2) is 3.70. The molecule has 0 aliphatic rings. The summed E-state index contributed by atoms with van der Waals surface area (Å²) in [6, 6.07) is 12.2. The van der Waals surface area contributed by atoms with Gasteiger partial charge in [-0.15, -0.1) is 0 Å². The fourth-order valence-corrected chi connectivity index (χ4v) is 2.26. The standard InChI is InChI=1S/C14H13N3/c1-10-14(12-6-4-3-5-7-12)11(2)17-13(16-10)8-9-15-17/h3-9H,1-2H3. The van der Waals surface area contributed by atoms with Crippen molar-refractivity contribution in [2.75, 3.05) is 0 Å². The summed E-state index contributed by atoms with van der Waals surface area (Å²) in [6.07, 6.45) is 1.78. The Hall–Kier alpha value is -2.16. The van der Waals surface area contributed by atoms with Gasteiger partial charge in [-0.1, -0.05) is 30.3 Å². The molecule has 3 aromatic rings. The maximum absolute atomic E-state index is 4.57. The Labute approximate surface area is 99.7 Å². The normalized spacial score (nSPS) is 10.9. The molecule has 0 aliphatic carbocycles. The minimum Gasteiger partial charge on any atom is -0.233 e. The highest BCUT2D eigenvalue weighted by Gasteiger charge is 2.10. The first-order valence-corrected chi connectivity index (χ1v) is 5.64. The molecule has 1 aromatic carbocycles. The molecule has 0 amide bonds. The van der Waals surface area contributed by atoms with E-state index < -0.39 is 0 Å². The van der Waals surface area contributed by atoms with E-state index in [-0.39, 0.29) is 0 Å². The van der Waals surface area contributed by atoms with E-state index in [9.17, 15) is 0 Å². The van der Waals surface area contributed by atoms with Gasteiger partial charge in [-0.2, -0.15) is 5.10 Å². The zero-order chi connectivity index (χ0) is 11.8. The van der Waals surface area contributed by atoms with Crippen molar-refractivity contribution in [3.8, 4) is 11.1 Å². The van der Waals surface area contributed by atoms with Crippen molar-refractivity contribution in [2.24, 2.45) is 0 Å². The predicted molar refractivity (Wildman–Crippen MR) is 67.9 cm³/mol. The van der Waals surface area contributed by atoms with Crippen LogP contribution < -0.4 is 0 Å². The van der Waals surface area contributed by atoms with Gasteiger partial charge in [0.25, 0.3) is 0 Å². The number of aryl methyl sites for hydroxylation is 2. The summed E-state index contributed by atoms with van der Waals surface area (Å²) in [6.45, 7) is 4.12. The molecule has 0 saturated carbocycles. The Morgan fingerprint density at radius 3 is 2.53 bits per heavy atom. The second-order valence-electron chi connectivity index (χ2n) is 4.12. The molecule has 3 heteroatoms. The van der Waals surface area contributed by atoms with Crippen LogP contribution in [0.15, 0.2) is 42.6 Å². The third-order valence-corrected chi connectivity index (χ3v) is 3.01. The van der Waals surface area contributed by atoms with Gasteiger partial charge in [-0.3, -0.25) is 0 Å². The van der Waals surface area contributed by atoms with Gasteiger partial charge in [-0.25, -0.2) is 9.50 Å². The van der Waals surface area contributed by atoms with E-state index in [1.54, 1.807) is 6.20 Å². The van der Waals surface area contributed by atoms with Gasteiger partial charge >= 0.3 is 0 Å². The fourth-order valence-electron chi connectivity index (χ4n) is 2.26. The predicted octanol–water partition coefficient (Wildman–Crippen LogP) is 3.01. The molecule has 0 fully saturated rings. The van der Waals surface area contributed by atoms with E-state index in [1.165, 1.54) is 11.1 Å². The minimum atomic E-state index is 0.902. The maximum atomic E-state index is 4.57. The summed E-state index contributed by atoms with van der Waals surface area (Å²) < 4.78 is 1.88. The van der Waals surface area contributed by atoms with Gasteiger partial charge < -0.3 is 0 Å². The minimum absolute atomic E-state index is 0.902. The van der Waals surface area contributed by atoms with E-state index in [1.807, 2.05) is 35.7 Å². The van der Waals surface area contributed by atoms with Crippen LogP contribution in [0.4, 0.5) is 0 Å². The van der Waals surface area contributed by atoms with E-state index in [2.05, 4.69) is 29.1 Å². The Morgan fingerprint density at radius 1 is 1.00 bits per heavy atom. The lowest BCUT2D eigenvalue weighted by molar-refractivity contribution is 0.889. The fraction of sp³-hybridized carbons (Fsp3) is 0.143. The van der Waals surface area contributed by atoms with Crippen LogP contribution in [0, 0.1) is 13.8 Å². The molecule has 0 N–H and O–H groups in total. The number of fused-ring (bicyclic) bond motifs is 1. The molecule has 84 valence electrons. The van der Waals surface area contributed by atoms with Gasteiger partial charge in [-0.05, 0) is 19.4 Å². The summed E-state index contributed by atoms with van der Waals surface area (Å²) in [5.41, 5.74) is 5.43. The van der Waals surface area contributed by atoms with Crippen molar-refractivity contribution in [3.63, 3.8) is 0 Å². The van der Waals surface area contributed by atoms with Gasteiger partial charge in [0.15, 0.2) is 5.65 Å². The highest BCUT2D eigenvalue weighted by atomic mass is 15.2. The first-order chi connectivity index (χ1) is 8.27. The molecule has 17 heavy (non-hydrogen) atoms. The van der Waals surface area contributed by atoms with Crippen molar-refractivity contribution < 1.29 is 0 Å². The molecule has 0 spiro atoms. The number of hydrogen-bond donors (Lipinski definition) is 0. The van der Waals surface area contributed by atoms with Crippen LogP contribution in [0.3, 0.4) is 0 Å². The zero-order valence-corrected chi connectivity index (χ0v) is 9.88. The summed E-state index contributed by atoms with van der Waals surface area (Å²) in [4.78, 5) is 4.57. The zero-order valence-electron chi connectivity index (χ0n) is 9.88. The van der Waals surface area contributed by atoms with Gasteiger partial charge in [0.1, 0.15) is 0 Å². The Bertz CT molecular complexity index is 669. The molecular weight excluding hydrogens is 210 g/mol. The third kappa shape index (κ3) is 1.51. The molecule has 0 atom stereocenters. The van der Waals surface area contributed by atoms with Crippen molar-refractivity contribution in [1.29, 1.82) is 0 Å². The van der Waals surface area contributed by atoms with Crippen LogP contribution in [-0.2, 0) is 0 Å². The molecule has 0 saturated heterocycles. The monoisotopic (exact) mass is 223 g/mol. The Balaban J connectivity index is 2.36. The first-order valence-electron chi connectivity index (χ1n) is 5.64. The van der Waals surface area contributed by atoms with Crippen molar-refractivity contribution in [2.45, 2.75) is 13.8 Å². The number of rotatable bonds is 1. The summed E-state index contributed by atoms with van der Waals surface area (Å²) in [7, 11) is 0. The molecule has 2 heterocycles. The molecule has 3 nitrogen and oxygen atoms in total. The summed E-state index contributed by atoms with van der Waals surface area (Å²) >= 11 is 0. The van der Waals surface area contributed by atoms with Gasteiger partial charge in [0.05, 0.1) is 11.9 Å². The third-order valence-electron chi connectivity index (χ3n) is 3.01. The Kier molecular flexibility index (Phi) is 2.18. The molecule has 0 unspecified atom stereocenters. The van der Waals surface area contributed by atoms with Crippen molar-refractivity contribution >= 4 is 5.65 Å². The van der Waals surface area contributed by atoms with E-state index >= 15 is 0 Å². The van der Waals surface area contributed by atoms with Crippen LogP contribution in [0.2, 0.25) is 0 Å². The molecular formula is C14H13N3. The highest BCUT2D eigenvalue weighted by molar-refractivity contribution is 5.69. The van der Waals surface area contributed by atoms with E-state index in [0.29, 0.717) is 0 Å². The van der Waals surface area contributed by atoms with Crippen molar-refractivity contribution in [3.05, 3.63) is 54.0 Å². The second-order valence-corrected chi connectivity index (χ2v) is 4.12. The number of nitrogens with zero attached hydrogens (tertiary/aromatic N) is 3. The maximum Gasteiger partial charge on any atom is 0.155 e. The number of hydrogen-bond acceptors (Lipinski definition) is 2. The molecule has 0 radical (unpaired) electrons. The highest BCUT2D eigenvalue weighted by Crippen LogP contribution is 2.26. The molecule has 0 bridgehead atoms. The van der Waals surface area contributed by atoms with Crippen LogP contribution in [-0.4, -0.2) is 14.6 Å². The van der Waals surface area contributed by atoms with Crippen LogP contribution >= 0.6 is 0 Å². The first kappa shape index (κ1) is 10.0. The average molecular weight is 223 g/mol. The summed E-state index contributed by atoms with van der Waals surface area (Å²) in [5.74, 6) is 0. The summed E-state index contributed by atoms with van der Waals surface area (Å²) in [5, 5.41) is 4.30. The Morgan fingerprint density at radius 2 is 1.76 bits per heavy atom. The number of aromatic nitrogens is 3. The van der Waals surface area contributed by atoms with Crippen LogP contribution in [0.5, 0.6) is 0 Å². The van der Waals surface area contributed by atoms with Gasteiger partial charge in [0, 0.05) is 17.3 Å². The number of benzene rings is 1. The lowest BCUT2D eigenvalue weighted by Gasteiger charge is -2.10. The molecule has 3 rings (SSSR count). The smallest absolute Gasteiger partial charge is 0.155 e. The van der Waals surface area contributed by atoms with E-state index in [4.69, 9.17) is 0 Å². The molecule has 0 aliphatic heterocycles. The lowest BCUT2D eigenvalue weighted by atomic mass is 10.0. The van der Waals surface area contributed by atoms with E-state index in [0.717, 1.165) is 17.0 Å². The van der Waals surface area contributed by atoms with Crippen LogP contribution in [0.25, 0.3) is 16.8 Å². The average Bonchev–Trinajstić information content (AvgIpc) is 2.78. The van der Waals surface area contributed by atoms with Gasteiger partial charge in [0.2, 0.25) is 0 Å². The largest absolute Gasteiger partial charge is 0.233 e. The lowest BCUT2D eigenvalue weighted by Crippen LogP contribution is -2.01. The quantitative estimate of drug-likeness (QED) is 0.634. The van der Waals surface area contributed by atoms with Crippen LogP contribution in [0.1, 0.15) is 11.4 Å². The topological polar surface area (TPSA) is 30.2 Å². The SMILES string of the molecule is Cc1nc2ccnn2c(C)c1-c1ccccc1. The molecule has 2 aromatic heterocycles.